The summed E-state index contributed by atoms with van der Waals surface area (Å²) in [5, 5.41) is 5.18. The molecule has 0 N–H and O–H groups in total. The lowest BCUT2D eigenvalue weighted by atomic mass is 9.82. The fraction of sp³-hybridized carbons (Fsp3) is 0.424. The van der Waals surface area contributed by atoms with Crippen LogP contribution in [0.5, 0.6) is 0 Å². The smallest absolute Gasteiger partial charge is 0.138 e. The Kier molecular flexibility index (Phi) is 9.51. The molecular formula is C33H41FN2O. The van der Waals surface area contributed by atoms with Gasteiger partial charge in [-0.05, 0) is 57.3 Å². The Morgan fingerprint density at radius 2 is 1.81 bits per heavy atom. The lowest BCUT2D eigenvalue weighted by Crippen LogP contribution is -2.23. The first-order valence-corrected chi connectivity index (χ1v) is 13.8. The predicted molar refractivity (Wildman–Crippen MR) is 153 cm³/mol. The lowest BCUT2D eigenvalue weighted by molar-refractivity contribution is 0.0897. The van der Waals surface area contributed by atoms with Gasteiger partial charge in [0.05, 0.1) is 6.61 Å². The highest BCUT2D eigenvalue weighted by atomic mass is 19.1. The standard InChI is InChI=1S/C33H41FN2O/c1-5-7-16-30-31(29-15-11-14-27(6-2)32(29)34)33(28-12-9-8-10-13-28)35-36(30)21-25-17-19-26(20-18-25)23-37-22-24(3)4/h6,8-15,25-26H,2-3,5,7,16-23H2,1,4H3. The van der Waals surface area contributed by atoms with Crippen molar-refractivity contribution in [3.8, 4) is 22.4 Å². The maximum atomic E-state index is 15.7. The highest BCUT2D eigenvalue weighted by Gasteiger charge is 2.27. The van der Waals surface area contributed by atoms with E-state index in [9.17, 15) is 0 Å². The minimum absolute atomic E-state index is 0.220. The summed E-state index contributed by atoms with van der Waals surface area (Å²) in [6.45, 7) is 14.3. The molecular weight excluding hydrogens is 459 g/mol. The first kappa shape index (κ1) is 27.1. The molecule has 0 radical (unpaired) electrons. The van der Waals surface area contributed by atoms with Crippen molar-refractivity contribution in [1.29, 1.82) is 0 Å². The van der Waals surface area contributed by atoms with Crippen LogP contribution in [0.1, 0.15) is 63.6 Å². The van der Waals surface area contributed by atoms with E-state index in [0.717, 1.165) is 60.5 Å². The molecule has 37 heavy (non-hydrogen) atoms. The summed E-state index contributed by atoms with van der Waals surface area (Å²) in [4.78, 5) is 0. The van der Waals surface area contributed by atoms with Crippen molar-refractivity contribution >= 4 is 6.08 Å². The van der Waals surface area contributed by atoms with Gasteiger partial charge in [0.25, 0.3) is 0 Å². The van der Waals surface area contributed by atoms with E-state index in [0.29, 0.717) is 29.6 Å². The Hall–Kier alpha value is -2.98. The average molecular weight is 501 g/mol. The van der Waals surface area contributed by atoms with Gasteiger partial charge in [-0.1, -0.05) is 86.7 Å². The zero-order valence-electron chi connectivity index (χ0n) is 22.5. The second kappa shape index (κ2) is 13.0. The molecule has 196 valence electrons. The number of benzene rings is 2. The summed E-state index contributed by atoms with van der Waals surface area (Å²) in [5.74, 6) is 0.972. The van der Waals surface area contributed by atoms with Crippen LogP contribution in [0, 0.1) is 17.7 Å². The van der Waals surface area contributed by atoms with E-state index in [-0.39, 0.29) is 5.82 Å². The Morgan fingerprint density at radius 1 is 1.08 bits per heavy atom. The molecule has 0 bridgehead atoms. The van der Waals surface area contributed by atoms with Crippen LogP contribution in [0.4, 0.5) is 4.39 Å². The van der Waals surface area contributed by atoms with Gasteiger partial charge in [-0.2, -0.15) is 5.10 Å². The minimum atomic E-state index is -0.220. The van der Waals surface area contributed by atoms with Gasteiger partial charge < -0.3 is 4.74 Å². The molecule has 3 aromatic rings. The molecule has 4 heteroatoms. The molecule has 4 rings (SSSR count). The molecule has 1 saturated carbocycles. The SMILES string of the molecule is C=Cc1cccc(-c2c(-c3ccccc3)nn(CC3CCC(COCC(=C)C)CC3)c2CCCC)c1F. The molecule has 1 fully saturated rings. The zero-order chi connectivity index (χ0) is 26.2. The normalized spacial score (nSPS) is 17.6. The average Bonchev–Trinajstić information content (AvgIpc) is 3.26. The van der Waals surface area contributed by atoms with E-state index in [1.165, 1.54) is 25.7 Å². The summed E-state index contributed by atoms with van der Waals surface area (Å²) in [7, 11) is 0. The molecule has 1 heterocycles. The van der Waals surface area contributed by atoms with Gasteiger partial charge in [0.2, 0.25) is 0 Å². The van der Waals surface area contributed by atoms with E-state index in [1.807, 2.05) is 37.3 Å². The lowest BCUT2D eigenvalue weighted by Gasteiger charge is -2.28. The number of ether oxygens (including phenoxy) is 1. The predicted octanol–water partition coefficient (Wildman–Crippen LogP) is 8.74. The maximum absolute atomic E-state index is 15.7. The molecule has 1 aromatic heterocycles. The first-order chi connectivity index (χ1) is 18.0. The Balaban J connectivity index is 1.66. The van der Waals surface area contributed by atoms with Gasteiger partial charge in [-0.25, -0.2) is 4.39 Å². The van der Waals surface area contributed by atoms with Crippen LogP contribution >= 0.6 is 0 Å². The van der Waals surface area contributed by atoms with E-state index < -0.39 is 0 Å². The number of rotatable bonds is 12. The van der Waals surface area contributed by atoms with Crippen LogP contribution in [0.25, 0.3) is 28.5 Å². The summed E-state index contributed by atoms with van der Waals surface area (Å²) in [5.41, 5.74) is 6.19. The molecule has 0 atom stereocenters. The molecule has 0 spiro atoms. The number of nitrogens with zero attached hydrogens (tertiary/aromatic N) is 2. The van der Waals surface area contributed by atoms with Crippen molar-refractivity contribution in [3.05, 3.63) is 84.3 Å². The van der Waals surface area contributed by atoms with Crippen LogP contribution in [-0.4, -0.2) is 23.0 Å². The Bertz CT molecular complexity index is 1190. The third-order valence-corrected chi connectivity index (χ3v) is 7.49. The van der Waals surface area contributed by atoms with Gasteiger partial charge in [-0.15, -0.1) is 0 Å². The van der Waals surface area contributed by atoms with Gasteiger partial charge in [-0.3, -0.25) is 4.68 Å². The summed E-state index contributed by atoms with van der Waals surface area (Å²) >= 11 is 0. The van der Waals surface area contributed by atoms with Crippen molar-refractivity contribution < 1.29 is 9.13 Å². The molecule has 0 aliphatic heterocycles. The van der Waals surface area contributed by atoms with Crippen molar-refractivity contribution in [2.45, 2.75) is 65.3 Å². The van der Waals surface area contributed by atoms with Crippen LogP contribution in [-0.2, 0) is 17.7 Å². The third kappa shape index (κ3) is 6.67. The summed E-state index contributed by atoms with van der Waals surface area (Å²) in [6, 6.07) is 15.8. The van der Waals surface area contributed by atoms with E-state index in [2.05, 4.69) is 36.9 Å². The van der Waals surface area contributed by atoms with Crippen molar-refractivity contribution in [3.63, 3.8) is 0 Å². The van der Waals surface area contributed by atoms with E-state index >= 15 is 4.39 Å². The minimum Gasteiger partial charge on any atom is -0.377 e. The number of hydrogen-bond acceptors (Lipinski definition) is 2. The molecule has 1 aliphatic rings. The molecule has 1 aliphatic carbocycles. The largest absolute Gasteiger partial charge is 0.377 e. The molecule has 0 amide bonds. The molecule has 0 unspecified atom stereocenters. The second-order valence-electron chi connectivity index (χ2n) is 10.6. The molecule has 3 nitrogen and oxygen atoms in total. The van der Waals surface area contributed by atoms with Gasteiger partial charge in [0, 0.05) is 41.1 Å². The number of halogens is 1. The molecule has 0 saturated heterocycles. The van der Waals surface area contributed by atoms with Crippen LogP contribution in [0.3, 0.4) is 0 Å². The fourth-order valence-electron chi connectivity index (χ4n) is 5.45. The maximum Gasteiger partial charge on any atom is 0.138 e. The Labute approximate surface area is 222 Å². The highest BCUT2D eigenvalue weighted by molar-refractivity contribution is 5.84. The van der Waals surface area contributed by atoms with Gasteiger partial charge in [0.1, 0.15) is 11.5 Å². The first-order valence-electron chi connectivity index (χ1n) is 13.8. The van der Waals surface area contributed by atoms with Crippen LogP contribution < -0.4 is 0 Å². The summed E-state index contributed by atoms with van der Waals surface area (Å²) < 4.78 is 23.7. The number of unbranched alkanes of at least 4 members (excludes halogenated alkanes) is 1. The van der Waals surface area contributed by atoms with Crippen LogP contribution in [0.2, 0.25) is 0 Å². The van der Waals surface area contributed by atoms with Crippen molar-refractivity contribution in [2.24, 2.45) is 11.8 Å². The Morgan fingerprint density at radius 3 is 2.49 bits per heavy atom. The van der Waals surface area contributed by atoms with Crippen LogP contribution in [0.15, 0.2) is 67.3 Å². The van der Waals surface area contributed by atoms with E-state index in [1.54, 1.807) is 12.1 Å². The number of aromatic nitrogens is 2. The number of hydrogen-bond donors (Lipinski definition) is 0. The quantitative estimate of drug-likeness (QED) is 0.232. The second-order valence-corrected chi connectivity index (χ2v) is 10.6. The molecule has 2 aromatic carbocycles. The summed E-state index contributed by atoms with van der Waals surface area (Å²) in [6.07, 6.45) is 9.30. The third-order valence-electron chi connectivity index (χ3n) is 7.49. The monoisotopic (exact) mass is 500 g/mol. The van der Waals surface area contributed by atoms with Crippen molar-refractivity contribution in [2.75, 3.05) is 13.2 Å². The highest BCUT2D eigenvalue weighted by Crippen LogP contribution is 2.39. The van der Waals surface area contributed by atoms with E-state index in [4.69, 9.17) is 9.84 Å². The van der Waals surface area contributed by atoms with Gasteiger partial charge >= 0.3 is 0 Å². The zero-order valence-corrected chi connectivity index (χ0v) is 22.5. The van der Waals surface area contributed by atoms with Crippen molar-refractivity contribution in [1.82, 2.24) is 9.78 Å². The van der Waals surface area contributed by atoms with Gasteiger partial charge in [0.15, 0.2) is 0 Å². The topological polar surface area (TPSA) is 27.1 Å². The fourth-order valence-corrected chi connectivity index (χ4v) is 5.45.